The van der Waals surface area contributed by atoms with Gasteiger partial charge in [0.05, 0.1) is 12.7 Å². The van der Waals surface area contributed by atoms with Crippen LogP contribution in [0.4, 0.5) is 0 Å². The van der Waals surface area contributed by atoms with E-state index in [1.54, 1.807) is 0 Å². The minimum absolute atomic E-state index is 0.000372. The third-order valence-electron chi connectivity index (χ3n) is 9.41. The highest BCUT2D eigenvalue weighted by Crippen LogP contribution is 2.54. The summed E-state index contributed by atoms with van der Waals surface area (Å²) < 4.78 is 29.3. The first-order valence-electron chi connectivity index (χ1n) is 14.9. The number of aromatic nitrogens is 2. The number of fused-ring (bicyclic) bond motifs is 1. The predicted octanol–water partition coefficient (Wildman–Crippen LogP) is 6.09. The molecule has 1 aromatic heterocycles. The molecule has 0 bridgehead atoms. The molecule has 0 radical (unpaired) electrons. The van der Waals surface area contributed by atoms with Gasteiger partial charge in [-0.2, -0.15) is 5.26 Å². The van der Waals surface area contributed by atoms with E-state index in [9.17, 15) is 14.9 Å². The second-order valence-corrected chi connectivity index (χ2v) is 19.2. The number of ether oxygens (including phenoxy) is 3. The molecule has 2 heterocycles. The molecule has 1 N–H and O–H groups in total. The monoisotopic (exact) mass is 589 g/mol. The standard InChI is InChI=1S/C31H51N3O6Si/c1-19(2)30(20(3)4)37-17-23-16-29(18-32,34-15-14-24(35)33-27(34)36)26(39-41(12,13)28(9,10)11)25(23)38-31(40-30,21(5)6)22(7)8/h14-15,19-23H,16-17H2,1-13H3,(H,33,35,36)/t23-,29+/m1/s1. The van der Waals surface area contributed by atoms with Crippen molar-refractivity contribution in [1.29, 1.82) is 5.26 Å². The van der Waals surface area contributed by atoms with Crippen molar-refractivity contribution in [3.8, 4) is 6.07 Å². The van der Waals surface area contributed by atoms with Crippen LogP contribution in [0.2, 0.25) is 18.1 Å². The maximum atomic E-state index is 13.3. The van der Waals surface area contributed by atoms with Crippen molar-refractivity contribution in [2.75, 3.05) is 6.61 Å². The molecule has 1 saturated heterocycles. The van der Waals surface area contributed by atoms with Gasteiger partial charge in [0, 0.05) is 48.3 Å². The molecule has 9 nitrogen and oxygen atoms in total. The van der Waals surface area contributed by atoms with Crippen LogP contribution in [-0.2, 0) is 24.2 Å². The van der Waals surface area contributed by atoms with E-state index in [0.29, 0.717) is 11.5 Å². The Morgan fingerprint density at radius 1 is 1.02 bits per heavy atom. The van der Waals surface area contributed by atoms with Crippen LogP contribution in [0.15, 0.2) is 33.4 Å². The number of nitrogens with zero attached hydrogens (tertiary/aromatic N) is 2. The van der Waals surface area contributed by atoms with Gasteiger partial charge in [0.1, 0.15) is 5.76 Å². The number of hydrogen-bond donors (Lipinski definition) is 1. The van der Waals surface area contributed by atoms with E-state index in [-0.39, 0.29) is 41.7 Å². The van der Waals surface area contributed by atoms with E-state index >= 15 is 0 Å². The Morgan fingerprint density at radius 3 is 2.00 bits per heavy atom. The molecular weight excluding hydrogens is 538 g/mol. The summed E-state index contributed by atoms with van der Waals surface area (Å²) in [5.74, 6) is -1.87. The lowest BCUT2D eigenvalue weighted by Gasteiger charge is -2.53. The summed E-state index contributed by atoms with van der Waals surface area (Å²) in [6.45, 7) is 27.4. The maximum absolute atomic E-state index is 13.3. The number of hydrogen-bond acceptors (Lipinski definition) is 7. The van der Waals surface area contributed by atoms with Crippen LogP contribution < -0.4 is 11.2 Å². The van der Waals surface area contributed by atoms with Gasteiger partial charge >= 0.3 is 5.69 Å². The lowest BCUT2D eigenvalue weighted by molar-refractivity contribution is -0.415. The fourth-order valence-electron chi connectivity index (χ4n) is 5.89. The second kappa shape index (κ2) is 11.0. The third-order valence-corrected chi connectivity index (χ3v) is 13.7. The molecule has 2 aliphatic rings. The summed E-state index contributed by atoms with van der Waals surface area (Å²) in [6.07, 6.45) is 1.56. The van der Waals surface area contributed by atoms with Crippen LogP contribution in [0.25, 0.3) is 0 Å². The van der Waals surface area contributed by atoms with Crippen molar-refractivity contribution in [3.05, 3.63) is 44.6 Å². The Kier molecular flexibility index (Phi) is 8.93. The quantitative estimate of drug-likeness (QED) is 0.383. The van der Waals surface area contributed by atoms with Gasteiger partial charge in [0.25, 0.3) is 5.56 Å². The lowest BCUT2D eigenvalue weighted by atomic mass is 9.86. The molecule has 1 fully saturated rings. The van der Waals surface area contributed by atoms with Crippen molar-refractivity contribution in [2.45, 2.75) is 118 Å². The van der Waals surface area contributed by atoms with E-state index in [1.807, 2.05) is 0 Å². The number of H-pyrrole nitrogens is 1. The first-order valence-corrected chi connectivity index (χ1v) is 17.8. The molecule has 1 aliphatic heterocycles. The Morgan fingerprint density at radius 2 is 1.56 bits per heavy atom. The molecule has 0 aromatic carbocycles. The highest BCUT2D eigenvalue weighted by molar-refractivity contribution is 6.74. The predicted molar refractivity (Wildman–Crippen MR) is 161 cm³/mol. The first-order chi connectivity index (χ1) is 18.7. The Hall–Kier alpha value is -2.35. The molecular formula is C31H51N3O6Si. The van der Waals surface area contributed by atoms with Crippen molar-refractivity contribution in [2.24, 2.45) is 29.6 Å². The third kappa shape index (κ3) is 5.45. The lowest BCUT2D eigenvalue weighted by Crippen LogP contribution is -2.60. The SMILES string of the molecule is CC(C)C1(C(C)C)OC[C@H]2C[C@@](C#N)(n3ccc(=O)[nH]c3=O)C(O[Si](C)(C)C(C)(C)C)=C2OC(C(C)C)(C(C)C)O1. The van der Waals surface area contributed by atoms with Crippen molar-refractivity contribution in [3.63, 3.8) is 0 Å². The van der Waals surface area contributed by atoms with Gasteiger partial charge in [0.15, 0.2) is 17.1 Å². The van der Waals surface area contributed by atoms with Crippen molar-refractivity contribution >= 4 is 8.32 Å². The van der Waals surface area contributed by atoms with E-state index in [4.69, 9.17) is 18.6 Å². The van der Waals surface area contributed by atoms with Crippen LogP contribution in [-0.4, -0.2) is 36.0 Å². The molecule has 0 amide bonds. The highest BCUT2D eigenvalue weighted by atomic mass is 28.4. The fourth-order valence-corrected chi connectivity index (χ4v) is 6.98. The van der Waals surface area contributed by atoms with E-state index in [0.717, 1.165) is 0 Å². The summed E-state index contributed by atoms with van der Waals surface area (Å²) in [6, 6.07) is 3.69. The number of allylic oxidation sites excluding steroid dienone is 1. The van der Waals surface area contributed by atoms with Gasteiger partial charge in [-0.1, -0.05) is 76.2 Å². The molecule has 230 valence electrons. The Labute approximate surface area is 246 Å². The highest BCUT2D eigenvalue weighted by Gasteiger charge is 2.60. The Balaban J connectivity index is 2.43. The summed E-state index contributed by atoms with van der Waals surface area (Å²) in [7, 11) is -2.56. The van der Waals surface area contributed by atoms with Gasteiger partial charge in [-0.05, 0) is 18.1 Å². The molecule has 2 atom stereocenters. The summed E-state index contributed by atoms with van der Waals surface area (Å²) in [4.78, 5) is 27.6. The van der Waals surface area contributed by atoms with Crippen LogP contribution in [0, 0.1) is 40.9 Å². The van der Waals surface area contributed by atoms with Gasteiger partial charge in [0.2, 0.25) is 14.1 Å². The zero-order chi connectivity index (χ0) is 31.3. The topological polar surface area (TPSA) is 116 Å². The smallest absolute Gasteiger partial charge is 0.330 e. The van der Waals surface area contributed by atoms with Crippen LogP contribution in [0.3, 0.4) is 0 Å². The minimum Gasteiger partial charge on any atom is -0.542 e. The first kappa shape index (κ1) is 33.2. The molecule has 1 aromatic rings. The zero-order valence-corrected chi connectivity index (χ0v) is 28.3. The fraction of sp³-hybridized carbons (Fsp3) is 0.774. The molecule has 10 heteroatoms. The summed E-state index contributed by atoms with van der Waals surface area (Å²) in [5, 5.41) is 10.7. The number of aromatic amines is 1. The van der Waals surface area contributed by atoms with E-state index < -0.39 is 42.6 Å². The normalized spacial score (nSPS) is 24.7. The van der Waals surface area contributed by atoms with Gasteiger partial charge < -0.3 is 18.6 Å². The van der Waals surface area contributed by atoms with E-state index in [2.05, 4.69) is 100 Å². The van der Waals surface area contributed by atoms with Crippen molar-refractivity contribution in [1.82, 2.24) is 9.55 Å². The maximum Gasteiger partial charge on any atom is 0.330 e. The molecule has 3 rings (SSSR count). The van der Waals surface area contributed by atoms with Crippen LogP contribution >= 0.6 is 0 Å². The molecule has 0 spiro atoms. The number of rotatable bonds is 7. The molecule has 0 saturated carbocycles. The van der Waals surface area contributed by atoms with Crippen molar-refractivity contribution < 1.29 is 18.6 Å². The van der Waals surface area contributed by atoms with Crippen LogP contribution in [0.1, 0.15) is 82.6 Å². The second-order valence-electron chi connectivity index (χ2n) is 14.5. The number of nitriles is 1. The average Bonchev–Trinajstić information content (AvgIpc) is 3.09. The van der Waals surface area contributed by atoms with Gasteiger partial charge in [-0.25, -0.2) is 4.79 Å². The summed E-state index contributed by atoms with van der Waals surface area (Å²) in [5.41, 5.74) is -2.77. The van der Waals surface area contributed by atoms with E-state index in [1.165, 1.54) is 16.8 Å². The minimum atomic E-state index is -2.56. The largest absolute Gasteiger partial charge is 0.542 e. The molecule has 0 unspecified atom stereocenters. The molecule has 41 heavy (non-hydrogen) atoms. The van der Waals surface area contributed by atoms with Gasteiger partial charge in [-0.15, -0.1) is 0 Å². The molecule has 1 aliphatic carbocycles. The Bertz CT molecular complexity index is 1290. The summed E-state index contributed by atoms with van der Waals surface area (Å²) >= 11 is 0. The zero-order valence-electron chi connectivity index (χ0n) is 27.3. The van der Waals surface area contributed by atoms with Crippen LogP contribution in [0.5, 0.6) is 0 Å². The number of nitrogens with one attached hydrogen (secondary N) is 1. The van der Waals surface area contributed by atoms with Gasteiger partial charge in [-0.3, -0.25) is 14.3 Å². The average molecular weight is 590 g/mol.